The van der Waals surface area contributed by atoms with E-state index in [1.54, 1.807) is 19.1 Å². The predicted octanol–water partition coefficient (Wildman–Crippen LogP) is 3.64. The Morgan fingerprint density at radius 1 is 1.17 bits per heavy atom. The number of halogens is 2. The Balaban J connectivity index is 1.70. The van der Waals surface area contributed by atoms with Crippen LogP contribution in [0.5, 0.6) is 17.2 Å². The van der Waals surface area contributed by atoms with Gasteiger partial charge >= 0.3 is 0 Å². The van der Waals surface area contributed by atoms with Gasteiger partial charge < -0.3 is 24.4 Å². The first-order valence-electron chi connectivity index (χ1n) is 8.65. The Morgan fingerprint density at radius 2 is 2.00 bits per heavy atom. The second-order valence-electron chi connectivity index (χ2n) is 6.14. The average molecular weight is 415 g/mol. The van der Waals surface area contributed by atoms with Crippen LogP contribution >= 0.6 is 0 Å². The van der Waals surface area contributed by atoms with Gasteiger partial charge in [-0.05, 0) is 18.2 Å². The topological polar surface area (TPSA) is 115 Å². The van der Waals surface area contributed by atoms with E-state index in [1.165, 1.54) is 13.4 Å². The molecule has 154 valence electrons. The number of aromatic nitrogens is 4. The van der Waals surface area contributed by atoms with Crippen LogP contribution in [0.4, 0.5) is 20.3 Å². The minimum Gasteiger partial charge on any atom is -0.505 e. The summed E-state index contributed by atoms with van der Waals surface area (Å²) >= 11 is 0. The van der Waals surface area contributed by atoms with Crippen molar-refractivity contribution in [2.45, 2.75) is 13.5 Å². The molecule has 2 N–H and O–H groups in total. The van der Waals surface area contributed by atoms with Crippen molar-refractivity contribution in [3.05, 3.63) is 53.9 Å². The number of anilines is 2. The molecule has 0 radical (unpaired) electrons. The van der Waals surface area contributed by atoms with E-state index in [0.29, 0.717) is 34.1 Å². The molecular weight excluding hydrogens is 400 g/mol. The number of rotatable bonds is 6. The van der Waals surface area contributed by atoms with Gasteiger partial charge in [-0.2, -0.15) is 4.98 Å². The summed E-state index contributed by atoms with van der Waals surface area (Å²) in [6.07, 6.45) is 1.22. The molecule has 0 aliphatic heterocycles. The fraction of sp³-hybridized carbons (Fsp3) is 0.158. The lowest BCUT2D eigenvalue weighted by molar-refractivity contribution is 0.270. The van der Waals surface area contributed by atoms with Gasteiger partial charge in [0.2, 0.25) is 11.7 Å². The van der Waals surface area contributed by atoms with Crippen molar-refractivity contribution in [2.24, 2.45) is 0 Å². The van der Waals surface area contributed by atoms with Gasteiger partial charge in [0.25, 0.3) is 0 Å². The molecule has 2 aromatic heterocycles. The van der Waals surface area contributed by atoms with Crippen LogP contribution in [0.3, 0.4) is 0 Å². The first kappa shape index (κ1) is 19.3. The third-order valence-corrected chi connectivity index (χ3v) is 4.16. The van der Waals surface area contributed by atoms with E-state index in [1.807, 2.05) is 0 Å². The Labute approximate surface area is 168 Å². The smallest absolute Gasteiger partial charge is 0.223 e. The van der Waals surface area contributed by atoms with Gasteiger partial charge in [0, 0.05) is 18.4 Å². The zero-order valence-corrected chi connectivity index (χ0v) is 15.8. The first-order valence-corrected chi connectivity index (χ1v) is 8.65. The van der Waals surface area contributed by atoms with Gasteiger partial charge in [0.15, 0.2) is 29.7 Å². The van der Waals surface area contributed by atoms with Gasteiger partial charge in [-0.1, -0.05) is 5.16 Å². The summed E-state index contributed by atoms with van der Waals surface area (Å²) in [5, 5.41) is 16.3. The number of aromatic hydroxyl groups is 1. The molecule has 4 rings (SSSR count). The monoisotopic (exact) mass is 415 g/mol. The number of methoxy groups -OCH3 is 1. The number of fused-ring (bicyclic) bond motifs is 1. The number of phenolic OH excluding ortho intramolecular Hbond substituents is 1. The molecule has 0 saturated heterocycles. The fourth-order valence-electron chi connectivity index (χ4n) is 2.75. The molecule has 2 heterocycles. The van der Waals surface area contributed by atoms with Crippen molar-refractivity contribution in [2.75, 3.05) is 12.4 Å². The van der Waals surface area contributed by atoms with Crippen molar-refractivity contribution < 1.29 is 27.9 Å². The van der Waals surface area contributed by atoms with E-state index in [2.05, 4.69) is 25.4 Å². The van der Waals surface area contributed by atoms with E-state index in [-0.39, 0.29) is 12.4 Å². The molecule has 0 bridgehead atoms. The summed E-state index contributed by atoms with van der Waals surface area (Å²) in [6, 6.07) is 5.01. The minimum absolute atomic E-state index is 0.0368. The molecule has 0 aliphatic carbocycles. The van der Waals surface area contributed by atoms with Crippen molar-refractivity contribution in [1.29, 1.82) is 0 Å². The minimum atomic E-state index is -1.14. The number of benzene rings is 2. The van der Waals surface area contributed by atoms with Gasteiger partial charge in [-0.15, -0.1) is 0 Å². The quantitative estimate of drug-likeness (QED) is 0.487. The molecule has 0 unspecified atom stereocenters. The van der Waals surface area contributed by atoms with Gasteiger partial charge in [0.1, 0.15) is 23.6 Å². The molecule has 0 fully saturated rings. The SMILES string of the molecule is COc1cc2c(Nc3c(F)ccc(O)c3F)ncnc2cc1OCc1noc(C)n1. The summed E-state index contributed by atoms with van der Waals surface area (Å²) < 4.78 is 44.2. The third-order valence-electron chi connectivity index (χ3n) is 4.16. The maximum Gasteiger partial charge on any atom is 0.223 e. The van der Waals surface area contributed by atoms with Crippen LogP contribution in [-0.4, -0.2) is 32.3 Å². The van der Waals surface area contributed by atoms with Crippen molar-refractivity contribution >= 4 is 22.4 Å². The first-order chi connectivity index (χ1) is 14.5. The average Bonchev–Trinajstić information content (AvgIpc) is 3.17. The summed E-state index contributed by atoms with van der Waals surface area (Å²) in [6.45, 7) is 1.70. The summed E-state index contributed by atoms with van der Waals surface area (Å²) in [5.74, 6) is -1.15. The lowest BCUT2D eigenvalue weighted by atomic mass is 10.2. The second kappa shape index (κ2) is 7.78. The molecule has 0 saturated carbocycles. The van der Waals surface area contributed by atoms with Crippen LogP contribution in [0.1, 0.15) is 11.7 Å². The number of ether oxygens (including phenoxy) is 2. The zero-order chi connectivity index (χ0) is 21.3. The highest BCUT2D eigenvalue weighted by atomic mass is 19.1. The van der Waals surface area contributed by atoms with Crippen LogP contribution in [0.2, 0.25) is 0 Å². The van der Waals surface area contributed by atoms with E-state index in [0.717, 1.165) is 12.1 Å². The van der Waals surface area contributed by atoms with Gasteiger partial charge in [0.05, 0.1) is 12.6 Å². The Morgan fingerprint density at radius 3 is 2.73 bits per heavy atom. The molecule has 30 heavy (non-hydrogen) atoms. The van der Waals surface area contributed by atoms with Crippen LogP contribution < -0.4 is 14.8 Å². The highest BCUT2D eigenvalue weighted by Crippen LogP contribution is 2.36. The number of nitrogens with zero attached hydrogens (tertiary/aromatic N) is 4. The van der Waals surface area contributed by atoms with Crippen LogP contribution in [0, 0.1) is 18.6 Å². The highest BCUT2D eigenvalue weighted by molar-refractivity contribution is 5.93. The maximum atomic E-state index is 14.2. The van der Waals surface area contributed by atoms with Crippen molar-refractivity contribution in [3.8, 4) is 17.2 Å². The van der Waals surface area contributed by atoms with E-state index in [4.69, 9.17) is 14.0 Å². The second-order valence-corrected chi connectivity index (χ2v) is 6.14. The molecule has 9 nitrogen and oxygen atoms in total. The van der Waals surface area contributed by atoms with E-state index < -0.39 is 23.1 Å². The number of hydrogen-bond acceptors (Lipinski definition) is 9. The van der Waals surface area contributed by atoms with Crippen molar-refractivity contribution in [3.63, 3.8) is 0 Å². The van der Waals surface area contributed by atoms with E-state index in [9.17, 15) is 13.9 Å². The van der Waals surface area contributed by atoms with Crippen molar-refractivity contribution in [1.82, 2.24) is 20.1 Å². The van der Waals surface area contributed by atoms with Gasteiger partial charge in [-0.3, -0.25) is 0 Å². The largest absolute Gasteiger partial charge is 0.505 e. The zero-order valence-electron chi connectivity index (χ0n) is 15.8. The standard InChI is InChI=1S/C19H15F2N5O4/c1-9-24-16(26-30-9)7-29-15-6-12-10(5-14(15)28-2)19(23-8-22-12)25-18-11(20)3-4-13(27)17(18)21/h3-6,8,27H,7H2,1-2H3,(H,22,23,25). The lowest BCUT2D eigenvalue weighted by Crippen LogP contribution is -2.03. The normalized spacial score (nSPS) is 10.9. The van der Waals surface area contributed by atoms with E-state index >= 15 is 0 Å². The molecular formula is C19H15F2N5O4. The molecule has 0 spiro atoms. The number of aryl methyl sites for hydroxylation is 1. The molecule has 0 atom stereocenters. The highest BCUT2D eigenvalue weighted by Gasteiger charge is 2.17. The maximum absolute atomic E-state index is 14.2. The Hall–Kier alpha value is -4.02. The third kappa shape index (κ3) is 3.64. The molecule has 0 aliphatic rings. The molecule has 11 heteroatoms. The molecule has 0 amide bonds. The number of nitrogens with one attached hydrogen (secondary N) is 1. The summed E-state index contributed by atoms with van der Waals surface area (Å²) in [4.78, 5) is 12.3. The fourth-order valence-corrected chi connectivity index (χ4v) is 2.75. The van der Waals surface area contributed by atoms with Gasteiger partial charge in [-0.25, -0.2) is 18.7 Å². The van der Waals surface area contributed by atoms with Crippen LogP contribution in [0.15, 0.2) is 35.1 Å². The number of hydrogen-bond donors (Lipinski definition) is 2. The number of phenols is 1. The Kier molecular flexibility index (Phi) is 5.00. The summed E-state index contributed by atoms with van der Waals surface area (Å²) in [7, 11) is 1.44. The van der Waals surface area contributed by atoms with Crippen LogP contribution in [-0.2, 0) is 6.61 Å². The Bertz CT molecular complexity index is 1230. The lowest BCUT2D eigenvalue weighted by Gasteiger charge is -2.14. The molecule has 2 aromatic carbocycles. The molecule has 4 aromatic rings. The predicted molar refractivity (Wildman–Crippen MR) is 101 cm³/mol. The van der Waals surface area contributed by atoms with Crippen LogP contribution in [0.25, 0.3) is 10.9 Å². The summed E-state index contributed by atoms with van der Waals surface area (Å²) in [5.41, 5.74) is -0.115.